The first-order valence-corrected chi connectivity index (χ1v) is 7.83. The van der Waals surface area contributed by atoms with Crippen LogP contribution in [0.15, 0.2) is 30.3 Å². The second-order valence-electron chi connectivity index (χ2n) is 6.29. The van der Waals surface area contributed by atoms with Gasteiger partial charge in [0.1, 0.15) is 0 Å². The van der Waals surface area contributed by atoms with Gasteiger partial charge in [0.25, 0.3) is 0 Å². The summed E-state index contributed by atoms with van der Waals surface area (Å²) in [6.07, 6.45) is 4.12. The van der Waals surface area contributed by atoms with Gasteiger partial charge in [-0.05, 0) is 32.5 Å². The lowest BCUT2D eigenvalue weighted by Gasteiger charge is -2.30. The number of hydrogen-bond donors (Lipinski definition) is 2. The van der Waals surface area contributed by atoms with Crippen molar-refractivity contribution in [1.29, 1.82) is 0 Å². The normalized spacial score (nSPS) is 23.8. The van der Waals surface area contributed by atoms with E-state index >= 15 is 0 Å². The highest BCUT2D eigenvalue weighted by molar-refractivity contribution is 5.80. The molecule has 4 nitrogen and oxygen atoms in total. The molecule has 0 spiro atoms. The molecule has 2 rings (SSSR count). The highest BCUT2D eigenvalue weighted by atomic mass is 16.2. The summed E-state index contributed by atoms with van der Waals surface area (Å²) in [7, 11) is 4.04. The van der Waals surface area contributed by atoms with Crippen molar-refractivity contribution in [2.24, 2.45) is 11.7 Å². The van der Waals surface area contributed by atoms with Gasteiger partial charge in [0.15, 0.2) is 0 Å². The molecule has 0 radical (unpaired) electrons. The first-order valence-electron chi connectivity index (χ1n) is 7.83. The summed E-state index contributed by atoms with van der Waals surface area (Å²) < 4.78 is 0. The summed E-state index contributed by atoms with van der Waals surface area (Å²) >= 11 is 0. The van der Waals surface area contributed by atoms with Crippen LogP contribution in [0.5, 0.6) is 0 Å². The van der Waals surface area contributed by atoms with Crippen molar-refractivity contribution in [3.8, 4) is 0 Å². The minimum absolute atomic E-state index is 0.00882. The summed E-state index contributed by atoms with van der Waals surface area (Å²) in [4.78, 5) is 14.7. The number of hydrogen-bond acceptors (Lipinski definition) is 3. The lowest BCUT2D eigenvalue weighted by molar-refractivity contribution is -0.127. The predicted molar refractivity (Wildman–Crippen MR) is 85.8 cm³/mol. The topological polar surface area (TPSA) is 58.4 Å². The average molecular weight is 289 g/mol. The van der Waals surface area contributed by atoms with Crippen LogP contribution < -0.4 is 11.1 Å². The van der Waals surface area contributed by atoms with Crippen LogP contribution in [0.25, 0.3) is 0 Å². The van der Waals surface area contributed by atoms with Gasteiger partial charge in [0.2, 0.25) is 5.91 Å². The maximum Gasteiger partial charge on any atom is 0.225 e. The van der Waals surface area contributed by atoms with Crippen LogP contribution in [0.2, 0.25) is 0 Å². The Hall–Kier alpha value is -1.39. The number of benzene rings is 1. The molecule has 0 heterocycles. The van der Waals surface area contributed by atoms with Gasteiger partial charge in [-0.1, -0.05) is 43.2 Å². The Morgan fingerprint density at radius 1 is 1.29 bits per heavy atom. The Balaban J connectivity index is 2.06. The van der Waals surface area contributed by atoms with Crippen molar-refractivity contribution >= 4 is 5.91 Å². The molecule has 0 aliphatic heterocycles. The fraction of sp³-hybridized carbons (Fsp3) is 0.588. The van der Waals surface area contributed by atoms with Gasteiger partial charge in [-0.3, -0.25) is 4.79 Å². The second kappa shape index (κ2) is 7.57. The lowest BCUT2D eigenvalue weighted by Crippen LogP contribution is -2.46. The Morgan fingerprint density at radius 3 is 2.57 bits per heavy atom. The quantitative estimate of drug-likeness (QED) is 0.870. The zero-order chi connectivity index (χ0) is 15.2. The third kappa shape index (κ3) is 4.55. The Morgan fingerprint density at radius 2 is 1.95 bits per heavy atom. The molecule has 21 heavy (non-hydrogen) atoms. The fourth-order valence-corrected chi connectivity index (χ4v) is 3.05. The Labute approximate surface area is 127 Å². The van der Waals surface area contributed by atoms with Crippen molar-refractivity contribution in [3.63, 3.8) is 0 Å². The summed E-state index contributed by atoms with van der Waals surface area (Å²) in [5, 5.41) is 3.20. The Bertz CT molecular complexity index is 447. The molecule has 1 aliphatic rings. The van der Waals surface area contributed by atoms with Gasteiger partial charge in [0, 0.05) is 12.6 Å². The minimum atomic E-state index is -0.0351. The standard InChI is InChI=1S/C17H27N3O/c1-20(2)12-16(13-8-4-3-5-9-13)19-17(21)14-10-6-7-11-15(14)18/h3-5,8-9,14-16H,6-7,10-12,18H2,1-2H3,(H,19,21). The number of nitrogens with two attached hydrogens (primary N) is 1. The number of amides is 1. The SMILES string of the molecule is CN(C)CC(NC(=O)C1CCCCC1N)c1ccccc1. The van der Waals surface area contributed by atoms with E-state index < -0.39 is 0 Å². The lowest BCUT2D eigenvalue weighted by atomic mass is 9.84. The maximum absolute atomic E-state index is 12.6. The number of rotatable bonds is 5. The number of carbonyl (C=O) groups is 1. The van der Waals surface area contributed by atoms with E-state index in [1.807, 2.05) is 32.3 Å². The van der Waals surface area contributed by atoms with Crippen LogP contribution in [-0.4, -0.2) is 37.5 Å². The van der Waals surface area contributed by atoms with E-state index in [0.29, 0.717) is 0 Å². The fourth-order valence-electron chi connectivity index (χ4n) is 3.05. The molecule has 0 bridgehead atoms. The largest absolute Gasteiger partial charge is 0.348 e. The van der Waals surface area contributed by atoms with Gasteiger partial charge in [-0.25, -0.2) is 0 Å². The summed E-state index contributed by atoms with van der Waals surface area (Å²) in [5.74, 6) is 0.0741. The number of carbonyl (C=O) groups excluding carboxylic acids is 1. The average Bonchev–Trinajstić information content (AvgIpc) is 2.47. The van der Waals surface area contributed by atoms with E-state index in [9.17, 15) is 4.79 Å². The molecule has 1 amide bonds. The number of likely N-dealkylation sites (N-methyl/N-ethyl adjacent to an activating group) is 1. The molecule has 1 aromatic carbocycles. The molecule has 1 saturated carbocycles. The molecule has 116 valence electrons. The third-order valence-electron chi connectivity index (χ3n) is 4.22. The van der Waals surface area contributed by atoms with Crippen LogP contribution in [0.4, 0.5) is 0 Å². The molecule has 4 heteroatoms. The van der Waals surface area contributed by atoms with Crippen molar-refractivity contribution in [1.82, 2.24) is 10.2 Å². The summed E-state index contributed by atoms with van der Waals surface area (Å²) in [5.41, 5.74) is 7.27. The zero-order valence-electron chi connectivity index (χ0n) is 13.1. The van der Waals surface area contributed by atoms with Crippen LogP contribution in [0, 0.1) is 5.92 Å². The van der Waals surface area contributed by atoms with E-state index in [0.717, 1.165) is 37.8 Å². The molecule has 3 unspecified atom stereocenters. The third-order valence-corrected chi connectivity index (χ3v) is 4.22. The van der Waals surface area contributed by atoms with Gasteiger partial charge in [0.05, 0.1) is 12.0 Å². The first kappa shape index (κ1) is 16.0. The Kier molecular flexibility index (Phi) is 5.76. The smallest absolute Gasteiger partial charge is 0.225 e. The maximum atomic E-state index is 12.6. The molecule has 1 fully saturated rings. The zero-order valence-corrected chi connectivity index (χ0v) is 13.1. The highest BCUT2D eigenvalue weighted by Crippen LogP contribution is 2.24. The molecule has 0 saturated heterocycles. The second-order valence-corrected chi connectivity index (χ2v) is 6.29. The molecule has 1 aromatic rings. The highest BCUT2D eigenvalue weighted by Gasteiger charge is 2.29. The number of nitrogens with one attached hydrogen (secondary N) is 1. The first-order chi connectivity index (χ1) is 10.1. The molecule has 1 aliphatic carbocycles. The molecule has 3 atom stereocenters. The molecule has 3 N–H and O–H groups in total. The molecular formula is C17H27N3O. The predicted octanol–water partition coefficient (Wildman–Crippen LogP) is 1.92. The van der Waals surface area contributed by atoms with E-state index in [-0.39, 0.29) is 23.9 Å². The van der Waals surface area contributed by atoms with Crippen molar-refractivity contribution in [2.45, 2.75) is 37.8 Å². The van der Waals surface area contributed by atoms with Gasteiger partial charge in [-0.2, -0.15) is 0 Å². The molecule has 0 aromatic heterocycles. The van der Waals surface area contributed by atoms with Crippen molar-refractivity contribution in [2.75, 3.05) is 20.6 Å². The van der Waals surface area contributed by atoms with E-state index in [1.54, 1.807) is 0 Å². The van der Waals surface area contributed by atoms with E-state index in [1.165, 1.54) is 0 Å². The van der Waals surface area contributed by atoms with E-state index in [4.69, 9.17) is 5.73 Å². The van der Waals surface area contributed by atoms with Crippen LogP contribution >= 0.6 is 0 Å². The van der Waals surface area contributed by atoms with Gasteiger partial charge < -0.3 is 16.0 Å². The van der Waals surface area contributed by atoms with Crippen molar-refractivity contribution < 1.29 is 4.79 Å². The van der Waals surface area contributed by atoms with E-state index in [2.05, 4.69) is 22.3 Å². The summed E-state index contributed by atoms with van der Waals surface area (Å²) in [6, 6.07) is 10.2. The number of nitrogens with zero attached hydrogens (tertiary/aromatic N) is 1. The van der Waals surface area contributed by atoms with Gasteiger partial charge >= 0.3 is 0 Å². The van der Waals surface area contributed by atoms with Gasteiger partial charge in [-0.15, -0.1) is 0 Å². The van der Waals surface area contributed by atoms with Crippen LogP contribution in [-0.2, 0) is 4.79 Å². The minimum Gasteiger partial charge on any atom is -0.348 e. The molecular weight excluding hydrogens is 262 g/mol. The van der Waals surface area contributed by atoms with Crippen LogP contribution in [0.3, 0.4) is 0 Å². The monoisotopic (exact) mass is 289 g/mol. The summed E-state index contributed by atoms with van der Waals surface area (Å²) in [6.45, 7) is 0.789. The van der Waals surface area contributed by atoms with Crippen molar-refractivity contribution in [3.05, 3.63) is 35.9 Å². The van der Waals surface area contributed by atoms with Crippen LogP contribution in [0.1, 0.15) is 37.3 Å².